The van der Waals surface area contributed by atoms with Crippen molar-refractivity contribution in [2.45, 2.75) is 20.0 Å². The summed E-state index contributed by atoms with van der Waals surface area (Å²) >= 11 is 12.4. The lowest BCUT2D eigenvalue weighted by atomic mass is 10.1. The fraction of sp³-hybridized carbons (Fsp3) is 0.211. The van der Waals surface area contributed by atoms with Gasteiger partial charge in [0.15, 0.2) is 11.5 Å². The Kier molecular flexibility index (Phi) is 6.71. The van der Waals surface area contributed by atoms with Crippen LogP contribution in [-0.2, 0) is 13.0 Å². The molecule has 0 heterocycles. The van der Waals surface area contributed by atoms with Gasteiger partial charge in [0.25, 0.3) is 0 Å². The quantitative estimate of drug-likeness (QED) is 0.457. The van der Waals surface area contributed by atoms with Crippen molar-refractivity contribution in [2.24, 2.45) is 0 Å². The van der Waals surface area contributed by atoms with Crippen molar-refractivity contribution in [1.29, 1.82) is 0 Å². The molecule has 0 saturated carbocycles. The monoisotopic (exact) mass is 364 g/mol. The van der Waals surface area contributed by atoms with Gasteiger partial charge >= 0.3 is 0 Å². The second-order valence-electron chi connectivity index (χ2n) is 5.04. The largest absolute Gasteiger partial charge is 0.490 e. The molecule has 126 valence electrons. The Labute approximate surface area is 151 Å². The zero-order chi connectivity index (χ0) is 17.5. The van der Waals surface area contributed by atoms with Crippen LogP contribution in [0.1, 0.15) is 28.4 Å². The van der Waals surface area contributed by atoms with E-state index in [1.165, 1.54) is 0 Å². The van der Waals surface area contributed by atoms with E-state index in [0.29, 0.717) is 45.7 Å². The number of rotatable bonds is 8. The molecule has 2 aromatic carbocycles. The van der Waals surface area contributed by atoms with E-state index in [0.717, 1.165) is 11.8 Å². The molecule has 0 aliphatic rings. The molecule has 2 rings (SSSR count). The van der Waals surface area contributed by atoms with E-state index in [1.54, 1.807) is 36.4 Å². The van der Waals surface area contributed by atoms with Gasteiger partial charge in [0.2, 0.25) is 0 Å². The highest BCUT2D eigenvalue weighted by Gasteiger charge is 2.15. The molecule has 0 fully saturated rings. The van der Waals surface area contributed by atoms with Gasteiger partial charge in [0, 0.05) is 26.7 Å². The average Bonchev–Trinajstić information content (AvgIpc) is 2.56. The van der Waals surface area contributed by atoms with E-state index in [4.69, 9.17) is 32.7 Å². The first-order valence-electron chi connectivity index (χ1n) is 7.52. The van der Waals surface area contributed by atoms with Crippen LogP contribution >= 0.6 is 23.2 Å². The zero-order valence-corrected chi connectivity index (χ0v) is 14.9. The number of hydrogen-bond donors (Lipinski definition) is 0. The van der Waals surface area contributed by atoms with Crippen LogP contribution in [0.4, 0.5) is 0 Å². The summed E-state index contributed by atoms with van der Waals surface area (Å²) in [7, 11) is 0. The Morgan fingerprint density at radius 2 is 1.88 bits per heavy atom. The second-order valence-corrected chi connectivity index (χ2v) is 5.85. The molecule has 0 aliphatic carbocycles. The number of benzene rings is 2. The minimum Gasteiger partial charge on any atom is -0.490 e. The van der Waals surface area contributed by atoms with E-state index in [2.05, 4.69) is 6.58 Å². The lowest BCUT2D eigenvalue weighted by Crippen LogP contribution is -2.04. The number of aldehydes is 1. The number of carbonyl (C=O) groups excluding carboxylic acids is 1. The molecule has 0 radical (unpaired) electrons. The highest BCUT2D eigenvalue weighted by atomic mass is 35.5. The van der Waals surface area contributed by atoms with Gasteiger partial charge in [-0.2, -0.15) is 0 Å². The molecular formula is C19H18Cl2O3. The summed E-state index contributed by atoms with van der Waals surface area (Å²) in [5.74, 6) is 1.08. The summed E-state index contributed by atoms with van der Waals surface area (Å²) in [6.45, 7) is 6.27. The number of ether oxygens (including phenoxy) is 2. The van der Waals surface area contributed by atoms with Gasteiger partial charge in [-0.15, -0.1) is 6.58 Å². The first-order valence-corrected chi connectivity index (χ1v) is 8.27. The summed E-state index contributed by atoms with van der Waals surface area (Å²) in [6, 6.07) is 8.72. The molecule has 5 heteroatoms. The maximum absolute atomic E-state index is 11.1. The minimum atomic E-state index is 0.198. The topological polar surface area (TPSA) is 35.5 Å². The van der Waals surface area contributed by atoms with E-state index >= 15 is 0 Å². The van der Waals surface area contributed by atoms with E-state index < -0.39 is 0 Å². The van der Waals surface area contributed by atoms with Crippen LogP contribution in [0.2, 0.25) is 10.0 Å². The predicted octanol–water partition coefficient (Wildman–Crippen LogP) is 5.51. The molecule has 0 bridgehead atoms. The normalized spacial score (nSPS) is 10.3. The number of allylic oxidation sites excluding steroid dienone is 1. The average molecular weight is 365 g/mol. The molecule has 0 aromatic heterocycles. The van der Waals surface area contributed by atoms with Crippen molar-refractivity contribution in [3.63, 3.8) is 0 Å². The lowest BCUT2D eigenvalue weighted by molar-refractivity contribution is 0.112. The molecular weight excluding hydrogens is 347 g/mol. The van der Waals surface area contributed by atoms with Gasteiger partial charge < -0.3 is 9.47 Å². The van der Waals surface area contributed by atoms with Crippen molar-refractivity contribution < 1.29 is 14.3 Å². The molecule has 0 aliphatic heterocycles. The molecule has 0 unspecified atom stereocenters. The third-order valence-electron chi connectivity index (χ3n) is 3.38. The second kappa shape index (κ2) is 8.76. The van der Waals surface area contributed by atoms with Crippen LogP contribution in [0, 0.1) is 0 Å². The first kappa shape index (κ1) is 18.4. The molecule has 0 atom stereocenters. The molecule has 0 spiro atoms. The van der Waals surface area contributed by atoms with Gasteiger partial charge in [-0.1, -0.05) is 35.3 Å². The maximum atomic E-state index is 11.1. The molecule has 3 nitrogen and oxygen atoms in total. The van der Waals surface area contributed by atoms with Gasteiger partial charge in [-0.05, 0) is 37.6 Å². The summed E-state index contributed by atoms with van der Waals surface area (Å²) in [5.41, 5.74) is 2.05. The summed E-state index contributed by atoms with van der Waals surface area (Å²) < 4.78 is 11.6. The SMILES string of the molecule is C=CCc1cc(C=O)cc(OCC)c1OCc1c(Cl)cccc1Cl. The van der Waals surface area contributed by atoms with Crippen LogP contribution in [0.25, 0.3) is 0 Å². The van der Waals surface area contributed by atoms with Crippen LogP contribution < -0.4 is 9.47 Å². The molecule has 0 saturated heterocycles. The van der Waals surface area contributed by atoms with Crippen molar-refractivity contribution in [1.82, 2.24) is 0 Å². The molecule has 0 N–H and O–H groups in total. The Morgan fingerprint density at radius 3 is 2.46 bits per heavy atom. The van der Waals surface area contributed by atoms with E-state index in [9.17, 15) is 4.79 Å². The standard InChI is InChI=1S/C19H18Cl2O3/c1-3-6-14-9-13(11-22)10-18(23-4-2)19(14)24-12-15-16(20)7-5-8-17(15)21/h3,5,7-11H,1,4,6,12H2,2H3. The summed E-state index contributed by atoms with van der Waals surface area (Å²) in [5, 5.41) is 1.07. The first-order chi connectivity index (χ1) is 11.6. The van der Waals surface area contributed by atoms with Crippen LogP contribution in [-0.4, -0.2) is 12.9 Å². The Bertz CT molecular complexity index is 721. The van der Waals surface area contributed by atoms with Gasteiger partial charge in [0.05, 0.1) is 6.61 Å². The van der Waals surface area contributed by atoms with Crippen molar-refractivity contribution in [3.8, 4) is 11.5 Å². The Hall–Kier alpha value is -1.97. The maximum Gasteiger partial charge on any atom is 0.165 e. The van der Waals surface area contributed by atoms with E-state index in [1.807, 2.05) is 6.92 Å². The van der Waals surface area contributed by atoms with Gasteiger partial charge in [0.1, 0.15) is 12.9 Å². The smallest absolute Gasteiger partial charge is 0.165 e. The molecule has 0 amide bonds. The summed E-state index contributed by atoms with van der Waals surface area (Å²) in [4.78, 5) is 11.1. The van der Waals surface area contributed by atoms with Crippen LogP contribution in [0.3, 0.4) is 0 Å². The minimum absolute atomic E-state index is 0.198. The number of hydrogen-bond acceptors (Lipinski definition) is 3. The fourth-order valence-corrected chi connectivity index (χ4v) is 2.81. The van der Waals surface area contributed by atoms with Crippen molar-refractivity contribution >= 4 is 29.5 Å². The van der Waals surface area contributed by atoms with Crippen molar-refractivity contribution in [3.05, 3.63) is 69.7 Å². The third-order valence-corrected chi connectivity index (χ3v) is 4.09. The zero-order valence-electron chi connectivity index (χ0n) is 13.4. The van der Waals surface area contributed by atoms with E-state index in [-0.39, 0.29) is 6.61 Å². The predicted molar refractivity (Wildman–Crippen MR) is 97.7 cm³/mol. The van der Waals surface area contributed by atoms with Crippen molar-refractivity contribution in [2.75, 3.05) is 6.61 Å². The third kappa shape index (κ3) is 4.31. The lowest BCUT2D eigenvalue weighted by Gasteiger charge is -2.17. The highest BCUT2D eigenvalue weighted by molar-refractivity contribution is 6.35. The number of carbonyl (C=O) groups is 1. The summed E-state index contributed by atoms with van der Waals surface area (Å²) in [6.07, 6.45) is 3.08. The highest BCUT2D eigenvalue weighted by Crippen LogP contribution is 2.35. The van der Waals surface area contributed by atoms with Gasteiger partial charge in [-0.3, -0.25) is 4.79 Å². The molecule has 24 heavy (non-hydrogen) atoms. The van der Waals surface area contributed by atoms with Crippen LogP contribution in [0.15, 0.2) is 43.0 Å². The Balaban J connectivity index is 2.39. The van der Waals surface area contributed by atoms with Crippen LogP contribution in [0.5, 0.6) is 11.5 Å². The van der Waals surface area contributed by atoms with Gasteiger partial charge in [-0.25, -0.2) is 0 Å². The molecule has 2 aromatic rings. The fourth-order valence-electron chi connectivity index (χ4n) is 2.30. The Morgan fingerprint density at radius 1 is 1.17 bits per heavy atom. The number of halogens is 2.